The Labute approximate surface area is 125 Å². The Hall–Kier alpha value is -1.75. The summed E-state index contributed by atoms with van der Waals surface area (Å²) in [5, 5.41) is 3.35. The minimum Gasteiger partial charge on any atom is -0.469 e. The fourth-order valence-electron chi connectivity index (χ4n) is 2.47. The Morgan fingerprint density at radius 2 is 1.90 bits per heavy atom. The number of aryl methyl sites for hydroxylation is 1. The third-order valence-corrected chi connectivity index (χ3v) is 6.16. The van der Waals surface area contributed by atoms with E-state index in [2.05, 4.69) is 9.68 Å². The zero-order valence-electron chi connectivity index (χ0n) is 12.2. The maximum absolute atomic E-state index is 12.4. The first-order valence-electron chi connectivity index (χ1n) is 7.24. The lowest BCUT2D eigenvalue weighted by Crippen LogP contribution is -2.00. The van der Waals surface area contributed by atoms with Crippen molar-refractivity contribution in [2.24, 2.45) is 4.36 Å². The van der Waals surface area contributed by atoms with E-state index < -0.39 is 9.73 Å². The number of nitrogens with one attached hydrogen (secondary N) is 1. The third-order valence-electron chi connectivity index (χ3n) is 3.76. The summed E-state index contributed by atoms with van der Waals surface area (Å²) in [7, 11) is -1.98. The van der Waals surface area contributed by atoms with Gasteiger partial charge in [-0.25, -0.2) is 4.21 Å². The molecule has 1 aromatic carbocycles. The van der Waals surface area contributed by atoms with Gasteiger partial charge in [-0.3, -0.25) is 0 Å². The second kappa shape index (κ2) is 5.93. The zero-order valence-corrected chi connectivity index (χ0v) is 13.0. The largest absolute Gasteiger partial charge is 0.469 e. The van der Waals surface area contributed by atoms with Crippen molar-refractivity contribution in [3.8, 4) is 0 Å². The quantitative estimate of drug-likeness (QED) is 0.925. The molecule has 0 unspecified atom stereocenters. The molecule has 0 radical (unpaired) electrons. The summed E-state index contributed by atoms with van der Waals surface area (Å²) in [5.41, 5.74) is 2.99. The number of benzene rings is 1. The van der Waals surface area contributed by atoms with E-state index in [-0.39, 0.29) is 0 Å². The van der Waals surface area contributed by atoms with Crippen LogP contribution in [0, 0.1) is 6.92 Å². The highest BCUT2D eigenvalue weighted by Gasteiger charge is 2.16. The Bertz CT molecular complexity index is 713. The van der Waals surface area contributed by atoms with Crippen LogP contribution >= 0.6 is 0 Å². The Morgan fingerprint density at radius 1 is 1.19 bits per heavy atom. The summed E-state index contributed by atoms with van der Waals surface area (Å²) < 4.78 is 22.1. The van der Waals surface area contributed by atoms with E-state index in [1.54, 1.807) is 6.26 Å². The molecule has 1 N–H and O–H groups in total. The first kappa shape index (κ1) is 14.2. The van der Waals surface area contributed by atoms with Gasteiger partial charge in [0.15, 0.2) is 0 Å². The van der Waals surface area contributed by atoms with Crippen LogP contribution in [-0.2, 0) is 16.3 Å². The van der Waals surface area contributed by atoms with Gasteiger partial charge in [0.1, 0.15) is 5.76 Å². The van der Waals surface area contributed by atoms with Crippen LogP contribution in [0.25, 0.3) is 0 Å². The number of hydrogen-bond donors (Lipinski definition) is 1. The summed E-state index contributed by atoms with van der Waals surface area (Å²) in [4.78, 5) is 0. The van der Waals surface area contributed by atoms with E-state index in [1.165, 1.54) is 0 Å². The lowest BCUT2D eigenvalue weighted by atomic mass is 10.2. The number of hydrogen-bond acceptors (Lipinski definition) is 4. The predicted octanol–water partition coefficient (Wildman–Crippen LogP) is 4.09. The Kier molecular flexibility index (Phi) is 4.01. The lowest BCUT2D eigenvalue weighted by Gasteiger charge is -2.06. The van der Waals surface area contributed by atoms with Crippen LogP contribution in [0.4, 0.5) is 11.4 Å². The van der Waals surface area contributed by atoms with Gasteiger partial charge in [-0.05, 0) is 50.1 Å². The van der Waals surface area contributed by atoms with Gasteiger partial charge in [0.25, 0.3) is 0 Å². The molecular weight excluding hydrogens is 284 g/mol. The van der Waals surface area contributed by atoms with Gasteiger partial charge in [-0.15, -0.1) is 0 Å². The molecule has 1 aliphatic rings. The number of nitrogens with zero attached hydrogens (tertiary/aromatic N) is 1. The first-order valence-corrected chi connectivity index (χ1v) is 9.09. The van der Waals surface area contributed by atoms with E-state index in [0.717, 1.165) is 53.6 Å². The second-order valence-corrected chi connectivity index (χ2v) is 7.93. The van der Waals surface area contributed by atoms with Crippen molar-refractivity contribution in [2.75, 3.05) is 16.8 Å². The van der Waals surface area contributed by atoms with Gasteiger partial charge in [0.2, 0.25) is 0 Å². The van der Waals surface area contributed by atoms with Crippen molar-refractivity contribution >= 4 is 21.1 Å². The summed E-state index contributed by atoms with van der Waals surface area (Å²) in [5.74, 6) is 2.42. The molecular formula is C16H20N2O2S. The Morgan fingerprint density at radius 3 is 2.52 bits per heavy atom. The molecule has 0 spiro atoms. The molecule has 0 saturated carbocycles. The number of anilines is 1. The van der Waals surface area contributed by atoms with Crippen molar-refractivity contribution in [1.29, 1.82) is 0 Å². The summed E-state index contributed by atoms with van der Waals surface area (Å²) >= 11 is 0. The molecule has 5 heteroatoms. The summed E-state index contributed by atoms with van der Waals surface area (Å²) in [6, 6.07) is 9.78. The summed E-state index contributed by atoms with van der Waals surface area (Å²) in [6.07, 6.45) is 3.77. The maximum atomic E-state index is 12.4. The third kappa shape index (κ3) is 3.47. The van der Waals surface area contributed by atoms with Crippen molar-refractivity contribution in [3.63, 3.8) is 0 Å². The van der Waals surface area contributed by atoms with Gasteiger partial charge in [-0.1, -0.05) is 0 Å². The fraction of sp³-hybridized carbons (Fsp3) is 0.375. The van der Waals surface area contributed by atoms with Crippen LogP contribution in [0.15, 0.2) is 45.4 Å². The van der Waals surface area contributed by atoms with Crippen molar-refractivity contribution in [1.82, 2.24) is 0 Å². The molecule has 3 rings (SSSR count). The van der Waals surface area contributed by atoms with E-state index in [1.807, 2.05) is 37.3 Å². The molecule has 0 amide bonds. The van der Waals surface area contributed by atoms with E-state index >= 15 is 0 Å². The standard InChI is InChI=1S/C16H20N2O2S/c1-13-14(8-9-20-13)12-17-15-4-6-16(7-5-15)18-21(19)10-2-3-11-21/h4-9,17H,2-3,10-12H2,1H3. The lowest BCUT2D eigenvalue weighted by molar-refractivity contribution is 0.530. The Balaban J connectivity index is 1.67. The van der Waals surface area contributed by atoms with Gasteiger partial charge in [0, 0.05) is 29.3 Å². The molecule has 2 aromatic rings. The van der Waals surface area contributed by atoms with Gasteiger partial charge >= 0.3 is 0 Å². The molecule has 4 nitrogen and oxygen atoms in total. The minimum atomic E-state index is -1.98. The minimum absolute atomic E-state index is 0.732. The molecule has 1 fully saturated rings. The van der Waals surface area contributed by atoms with E-state index in [9.17, 15) is 4.21 Å². The highest BCUT2D eigenvalue weighted by atomic mass is 32.2. The number of rotatable bonds is 4. The van der Waals surface area contributed by atoms with Crippen LogP contribution in [0.5, 0.6) is 0 Å². The molecule has 1 aliphatic heterocycles. The highest BCUT2D eigenvalue weighted by molar-refractivity contribution is 7.93. The van der Waals surface area contributed by atoms with E-state index in [4.69, 9.17) is 4.42 Å². The van der Waals surface area contributed by atoms with Crippen molar-refractivity contribution < 1.29 is 8.63 Å². The number of furan rings is 1. The van der Waals surface area contributed by atoms with Crippen LogP contribution in [0.1, 0.15) is 24.2 Å². The van der Waals surface area contributed by atoms with Gasteiger partial charge in [0.05, 0.1) is 21.7 Å². The maximum Gasteiger partial charge on any atom is 0.105 e. The summed E-state index contributed by atoms with van der Waals surface area (Å²) in [6.45, 7) is 2.69. The normalized spacial score (nSPS) is 16.8. The predicted molar refractivity (Wildman–Crippen MR) is 86.4 cm³/mol. The molecule has 1 aromatic heterocycles. The average Bonchev–Trinajstić information content (AvgIpc) is 3.07. The topological polar surface area (TPSA) is 54.6 Å². The molecule has 0 atom stereocenters. The van der Waals surface area contributed by atoms with Crippen LogP contribution < -0.4 is 5.32 Å². The molecule has 1 saturated heterocycles. The first-order chi connectivity index (χ1) is 10.1. The SMILES string of the molecule is Cc1occc1CNc1ccc(N=S2(=O)CCCC2)cc1. The second-order valence-electron chi connectivity index (χ2n) is 5.38. The molecule has 0 aliphatic carbocycles. The van der Waals surface area contributed by atoms with Gasteiger partial charge < -0.3 is 9.73 Å². The molecule has 0 bridgehead atoms. The molecule has 21 heavy (non-hydrogen) atoms. The molecule has 2 heterocycles. The van der Waals surface area contributed by atoms with Gasteiger partial charge in [-0.2, -0.15) is 4.36 Å². The fourth-order valence-corrected chi connectivity index (χ4v) is 4.68. The van der Waals surface area contributed by atoms with Crippen LogP contribution in [0.2, 0.25) is 0 Å². The van der Waals surface area contributed by atoms with Crippen molar-refractivity contribution in [3.05, 3.63) is 47.9 Å². The smallest absolute Gasteiger partial charge is 0.105 e. The van der Waals surface area contributed by atoms with E-state index in [0.29, 0.717) is 0 Å². The highest BCUT2D eigenvalue weighted by Crippen LogP contribution is 2.23. The zero-order chi connectivity index (χ0) is 14.7. The van der Waals surface area contributed by atoms with Crippen LogP contribution in [-0.4, -0.2) is 15.7 Å². The molecule has 112 valence electrons. The van der Waals surface area contributed by atoms with Crippen LogP contribution in [0.3, 0.4) is 0 Å². The van der Waals surface area contributed by atoms with Crippen molar-refractivity contribution in [2.45, 2.75) is 26.3 Å². The monoisotopic (exact) mass is 304 g/mol. The average molecular weight is 304 g/mol.